The van der Waals surface area contributed by atoms with Gasteiger partial charge in [0.2, 0.25) is 11.7 Å². The third kappa shape index (κ3) is 4.18. The van der Waals surface area contributed by atoms with E-state index in [9.17, 15) is 4.79 Å². The van der Waals surface area contributed by atoms with Crippen molar-refractivity contribution in [1.82, 2.24) is 0 Å². The predicted molar refractivity (Wildman–Crippen MR) is 110 cm³/mol. The van der Waals surface area contributed by atoms with Crippen LogP contribution >= 0.6 is 0 Å². The van der Waals surface area contributed by atoms with Crippen molar-refractivity contribution in [3.63, 3.8) is 0 Å². The van der Waals surface area contributed by atoms with Crippen LogP contribution in [0.5, 0.6) is 28.7 Å². The molecule has 0 aromatic heterocycles. The third-order valence-corrected chi connectivity index (χ3v) is 5.21. The molecule has 0 saturated carbocycles. The molecule has 0 radical (unpaired) electrons. The van der Waals surface area contributed by atoms with Crippen molar-refractivity contribution in [1.29, 1.82) is 0 Å². The van der Waals surface area contributed by atoms with Gasteiger partial charge < -0.3 is 29.0 Å². The topological polar surface area (TPSA) is 75.3 Å². The third-order valence-electron chi connectivity index (χ3n) is 5.21. The molecule has 1 aliphatic heterocycles. The van der Waals surface area contributed by atoms with Gasteiger partial charge >= 0.3 is 0 Å². The standard InChI is InChI=1S/C22H27NO6/c1-25-17-11-14-6-7-15(22(24)23-16(14)12-18(17)26-2)8-13-9-19(27-3)21(29-5)20(10-13)28-4/h9-12,15H,6-8H2,1-5H3,(H,23,24). The first kappa shape index (κ1) is 20.6. The molecule has 1 N–H and O–H groups in total. The molecule has 1 heterocycles. The molecule has 7 heteroatoms. The van der Waals surface area contributed by atoms with Crippen molar-refractivity contribution < 1.29 is 28.5 Å². The number of carbonyl (C=O) groups is 1. The number of ether oxygens (including phenoxy) is 5. The molecule has 3 rings (SSSR count). The van der Waals surface area contributed by atoms with Crippen molar-refractivity contribution >= 4 is 11.6 Å². The molecular weight excluding hydrogens is 374 g/mol. The largest absolute Gasteiger partial charge is 0.493 e. The Labute approximate surface area is 170 Å². The summed E-state index contributed by atoms with van der Waals surface area (Å²) < 4.78 is 27.0. The summed E-state index contributed by atoms with van der Waals surface area (Å²) in [5.74, 6) is 2.73. The Morgan fingerprint density at radius 1 is 0.828 bits per heavy atom. The maximum atomic E-state index is 12.9. The molecule has 29 heavy (non-hydrogen) atoms. The summed E-state index contributed by atoms with van der Waals surface area (Å²) in [6.45, 7) is 0. The second-order valence-electron chi connectivity index (χ2n) is 6.83. The van der Waals surface area contributed by atoms with Crippen molar-refractivity contribution in [2.75, 3.05) is 40.9 Å². The fraction of sp³-hybridized carbons (Fsp3) is 0.409. The average Bonchev–Trinajstić information content (AvgIpc) is 2.89. The molecule has 156 valence electrons. The number of rotatable bonds is 7. The molecule has 1 atom stereocenters. The van der Waals surface area contributed by atoms with E-state index in [1.54, 1.807) is 35.5 Å². The summed E-state index contributed by atoms with van der Waals surface area (Å²) in [6.07, 6.45) is 2.03. The molecule has 1 unspecified atom stereocenters. The SMILES string of the molecule is COc1cc2c(cc1OC)NC(=O)C(Cc1cc(OC)c(OC)c(OC)c1)CC2. The van der Waals surface area contributed by atoms with Crippen molar-refractivity contribution in [3.05, 3.63) is 35.4 Å². The van der Waals surface area contributed by atoms with Gasteiger partial charge in [0.05, 0.1) is 35.5 Å². The Morgan fingerprint density at radius 3 is 1.97 bits per heavy atom. The molecule has 0 bridgehead atoms. The van der Waals surface area contributed by atoms with Gasteiger partial charge in [-0.3, -0.25) is 4.79 Å². The first-order chi connectivity index (χ1) is 14.0. The minimum absolute atomic E-state index is 0.0234. The summed E-state index contributed by atoms with van der Waals surface area (Å²) in [5.41, 5.74) is 2.74. The van der Waals surface area contributed by atoms with Crippen molar-refractivity contribution in [3.8, 4) is 28.7 Å². The molecule has 0 aliphatic carbocycles. The van der Waals surface area contributed by atoms with E-state index in [1.165, 1.54) is 0 Å². The number of carbonyl (C=O) groups excluding carboxylic acids is 1. The van der Waals surface area contributed by atoms with Crippen LogP contribution in [0.25, 0.3) is 0 Å². The number of hydrogen-bond acceptors (Lipinski definition) is 6. The van der Waals surface area contributed by atoms with Gasteiger partial charge in [0.15, 0.2) is 23.0 Å². The van der Waals surface area contributed by atoms with Gasteiger partial charge in [0, 0.05) is 17.7 Å². The highest BCUT2D eigenvalue weighted by molar-refractivity contribution is 5.94. The summed E-state index contributed by atoms with van der Waals surface area (Å²) in [4.78, 5) is 12.9. The van der Waals surface area contributed by atoms with Crippen molar-refractivity contribution in [2.45, 2.75) is 19.3 Å². The second-order valence-corrected chi connectivity index (χ2v) is 6.83. The van der Waals surface area contributed by atoms with Gasteiger partial charge in [-0.25, -0.2) is 0 Å². The molecule has 2 aromatic carbocycles. The van der Waals surface area contributed by atoms with Crippen LogP contribution < -0.4 is 29.0 Å². The lowest BCUT2D eigenvalue weighted by molar-refractivity contribution is -0.119. The normalized spacial score (nSPS) is 15.6. The minimum atomic E-state index is -0.192. The first-order valence-electron chi connectivity index (χ1n) is 9.39. The first-order valence-corrected chi connectivity index (χ1v) is 9.39. The lowest BCUT2D eigenvalue weighted by atomic mass is 9.93. The predicted octanol–water partition coefficient (Wildman–Crippen LogP) is 3.47. The molecule has 1 amide bonds. The summed E-state index contributed by atoms with van der Waals surface area (Å²) in [7, 11) is 7.91. The van der Waals surface area contributed by atoms with E-state index in [0.717, 1.165) is 23.2 Å². The van der Waals surface area contributed by atoms with E-state index in [0.29, 0.717) is 41.6 Å². The Bertz CT molecular complexity index is 870. The number of aryl methyl sites for hydroxylation is 1. The quantitative estimate of drug-likeness (QED) is 0.766. The van der Waals surface area contributed by atoms with Crippen LogP contribution in [0, 0.1) is 5.92 Å². The van der Waals surface area contributed by atoms with Crippen LogP contribution in [0.15, 0.2) is 24.3 Å². The fourth-order valence-corrected chi connectivity index (χ4v) is 3.67. The smallest absolute Gasteiger partial charge is 0.227 e. The number of nitrogens with one attached hydrogen (secondary N) is 1. The molecule has 0 saturated heterocycles. The minimum Gasteiger partial charge on any atom is -0.493 e. The maximum absolute atomic E-state index is 12.9. The lowest BCUT2D eigenvalue weighted by Crippen LogP contribution is -2.23. The zero-order valence-corrected chi connectivity index (χ0v) is 17.5. The average molecular weight is 401 g/mol. The molecule has 2 aromatic rings. The van der Waals surface area contributed by atoms with E-state index in [-0.39, 0.29) is 11.8 Å². The zero-order valence-electron chi connectivity index (χ0n) is 17.5. The van der Waals surface area contributed by atoms with E-state index in [2.05, 4.69) is 5.32 Å². The van der Waals surface area contributed by atoms with Gasteiger partial charge in [-0.05, 0) is 48.6 Å². The molecule has 7 nitrogen and oxygen atoms in total. The molecule has 1 aliphatic rings. The van der Waals surface area contributed by atoms with Gasteiger partial charge in [0.1, 0.15) is 0 Å². The summed E-state index contributed by atoms with van der Waals surface area (Å²) in [5, 5.41) is 3.04. The number of methoxy groups -OCH3 is 5. The van der Waals surface area contributed by atoms with Crippen LogP contribution in [0.3, 0.4) is 0 Å². The van der Waals surface area contributed by atoms with E-state index in [4.69, 9.17) is 23.7 Å². The van der Waals surface area contributed by atoms with Crippen LogP contribution in [-0.2, 0) is 17.6 Å². The molecular formula is C22H27NO6. The molecule has 0 spiro atoms. The Hall–Kier alpha value is -3.09. The summed E-state index contributed by atoms with van der Waals surface area (Å²) >= 11 is 0. The van der Waals surface area contributed by atoms with E-state index in [1.807, 2.05) is 24.3 Å². The highest BCUT2D eigenvalue weighted by atomic mass is 16.5. The van der Waals surface area contributed by atoms with Crippen LogP contribution in [0.1, 0.15) is 17.5 Å². The Morgan fingerprint density at radius 2 is 1.41 bits per heavy atom. The van der Waals surface area contributed by atoms with Gasteiger partial charge in [-0.15, -0.1) is 0 Å². The number of benzene rings is 2. The van der Waals surface area contributed by atoms with Gasteiger partial charge in [-0.1, -0.05) is 0 Å². The Kier molecular flexibility index (Phi) is 6.36. The van der Waals surface area contributed by atoms with Crippen LogP contribution in [0.4, 0.5) is 5.69 Å². The molecule has 0 fully saturated rings. The Balaban J connectivity index is 1.86. The number of hydrogen-bond donors (Lipinski definition) is 1. The number of amides is 1. The van der Waals surface area contributed by atoms with Crippen LogP contribution in [-0.4, -0.2) is 41.5 Å². The van der Waals surface area contributed by atoms with E-state index < -0.39 is 0 Å². The van der Waals surface area contributed by atoms with Crippen molar-refractivity contribution in [2.24, 2.45) is 5.92 Å². The monoisotopic (exact) mass is 401 g/mol. The maximum Gasteiger partial charge on any atom is 0.227 e. The number of anilines is 1. The van der Waals surface area contributed by atoms with Gasteiger partial charge in [-0.2, -0.15) is 0 Å². The van der Waals surface area contributed by atoms with E-state index >= 15 is 0 Å². The van der Waals surface area contributed by atoms with Gasteiger partial charge in [0.25, 0.3) is 0 Å². The fourth-order valence-electron chi connectivity index (χ4n) is 3.67. The highest BCUT2D eigenvalue weighted by Gasteiger charge is 2.26. The number of fused-ring (bicyclic) bond motifs is 1. The summed E-state index contributed by atoms with van der Waals surface area (Å²) in [6, 6.07) is 7.52. The second kappa shape index (κ2) is 8.94. The zero-order chi connectivity index (χ0) is 21.0. The highest BCUT2D eigenvalue weighted by Crippen LogP contribution is 2.40. The lowest BCUT2D eigenvalue weighted by Gasteiger charge is -2.17. The van der Waals surface area contributed by atoms with Crippen LogP contribution in [0.2, 0.25) is 0 Å².